The molecule has 0 amide bonds. The number of aryl methyl sites for hydroxylation is 1. The first kappa shape index (κ1) is 14.1. The first-order chi connectivity index (χ1) is 10.2. The monoisotopic (exact) mass is 286 g/mol. The van der Waals surface area contributed by atoms with Gasteiger partial charge in [-0.25, -0.2) is 0 Å². The lowest BCUT2D eigenvalue weighted by atomic mass is 10.1. The van der Waals surface area contributed by atoms with E-state index >= 15 is 0 Å². The van der Waals surface area contributed by atoms with Crippen LogP contribution in [0.1, 0.15) is 48.7 Å². The molecule has 1 aliphatic heterocycles. The molecule has 21 heavy (non-hydrogen) atoms. The Kier molecular flexibility index (Phi) is 4.25. The Morgan fingerprint density at radius 3 is 2.90 bits per heavy atom. The van der Waals surface area contributed by atoms with Crippen molar-refractivity contribution in [3.63, 3.8) is 0 Å². The van der Waals surface area contributed by atoms with Crippen LogP contribution in [0, 0.1) is 6.92 Å². The summed E-state index contributed by atoms with van der Waals surface area (Å²) in [5.74, 6) is 1.32. The Morgan fingerprint density at radius 2 is 2.14 bits per heavy atom. The smallest absolute Gasteiger partial charge is 0.154 e. The van der Waals surface area contributed by atoms with E-state index in [1.54, 1.807) is 6.07 Å². The van der Waals surface area contributed by atoms with E-state index < -0.39 is 0 Å². The first-order valence-corrected chi connectivity index (χ1v) is 7.68. The largest absolute Gasteiger partial charge is 0.508 e. The third-order valence-electron chi connectivity index (χ3n) is 4.20. The molecule has 112 valence electrons. The van der Waals surface area contributed by atoms with Crippen molar-refractivity contribution in [1.29, 1.82) is 0 Å². The number of nitrogens with zero attached hydrogens (tertiary/aromatic N) is 2. The maximum Gasteiger partial charge on any atom is 0.154 e. The SMILES string of the molecule is Cc1cc([C@H]2CCCCCN2Cc2ccccc2O)on1. The summed E-state index contributed by atoms with van der Waals surface area (Å²) in [6.45, 7) is 3.73. The number of phenols is 1. The third-order valence-corrected chi connectivity index (χ3v) is 4.20. The van der Waals surface area contributed by atoms with Gasteiger partial charge in [-0.05, 0) is 32.4 Å². The van der Waals surface area contributed by atoms with Crippen molar-refractivity contribution in [2.45, 2.75) is 45.2 Å². The predicted octanol–water partition coefficient (Wildman–Crippen LogP) is 3.81. The van der Waals surface area contributed by atoms with Gasteiger partial charge in [0.05, 0.1) is 11.7 Å². The lowest BCUT2D eigenvalue weighted by Gasteiger charge is -2.28. The van der Waals surface area contributed by atoms with Gasteiger partial charge in [-0.3, -0.25) is 4.90 Å². The van der Waals surface area contributed by atoms with Gasteiger partial charge in [-0.2, -0.15) is 0 Å². The molecule has 0 spiro atoms. The van der Waals surface area contributed by atoms with Crippen molar-refractivity contribution < 1.29 is 9.63 Å². The van der Waals surface area contributed by atoms with Crippen molar-refractivity contribution in [1.82, 2.24) is 10.1 Å². The second-order valence-corrected chi connectivity index (χ2v) is 5.83. The molecule has 1 aromatic heterocycles. The Hall–Kier alpha value is -1.81. The molecule has 1 fully saturated rings. The Balaban J connectivity index is 1.84. The van der Waals surface area contributed by atoms with Gasteiger partial charge in [0.2, 0.25) is 0 Å². The van der Waals surface area contributed by atoms with E-state index in [9.17, 15) is 5.11 Å². The molecule has 1 N–H and O–H groups in total. The van der Waals surface area contributed by atoms with Crippen molar-refractivity contribution in [2.75, 3.05) is 6.54 Å². The van der Waals surface area contributed by atoms with Gasteiger partial charge in [-0.1, -0.05) is 36.2 Å². The highest BCUT2D eigenvalue weighted by molar-refractivity contribution is 5.31. The average Bonchev–Trinajstić information content (AvgIpc) is 2.77. The van der Waals surface area contributed by atoms with E-state index in [4.69, 9.17) is 4.52 Å². The van der Waals surface area contributed by atoms with E-state index in [1.165, 1.54) is 19.3 Å². The van der Waals surface area contributed by atoms with Crippen LogP contribution in [-0.2, 0) is 6.54 Å². The van der Waals surface area contributed by atoms with Crippen LogP contribution in [0.25, 0.3) is 0 Å². The van der Waals surface area contributed by atoms with Gasteiger partial charge in [0.15, 0.2) is 5.76 Å². The van der Waals surface area contributed by atoms with Crippen molar-refractivity contribution >= 4 is 0 Å². The number of aromatic hydroxyl groups is 1. The summed E-state index contributed by atoms with van der Waals surface area (Å²) in [6.07, 6.45) is 4.74. The maximum absolute atomic E-state index is 10.0. The second kappa shape index (κ2) is 6.31. The molecule has 0 radical (unpaired) electrons. The van der Waals surface area contributed by atoms with E-state index in [2.05, 4.69) is 10.1 Å². The van der Waals surface area contributed by atoms with Gasteiger partial charge in [0.25, 0.3) is 0 Å². The summed E-state index contributed by atoms with van der Waals surface area (Å²) in [5, 5.41) is 14.0. The van der Waals surface area contributed by atoms with Crippen LogP contribution in [0.5, 0.6) is 5.75 Å². The minimum absolute atomic E-state index is 0.258. The zero-order chi connectivity index (χ0) is 14.7. The zero-order valence-electron chi connectivity index (χ0n) is 12.5. The van der Waals surface area contributed by atoms with Crippen LogP contribution >= 0.6 is 0 Å². The standard InChI is InChI=1S/C17H22N2O2/c1-13-11-17(21-18-13)15-8-3-2-6-10-19(15)12-14-7-4-5-9-16(14)20/h4-5,7,9,11,15,20H,2-3,6,8,10,12H2,1H3/t15-/m1/s1. The number of rotatable bonds is 3. The summed E-state index contributed by atoms with van der Waals surface area (Å²) >= 11 is 0. The molecular weight excluding hydrogens is 264 g/mol. The molecular formula is C17H22N2O2. The second-order valence-electron chi connectivity index (χ2n) is 5.83. The lowest BCUT2D eigenvalue weighted by Crippen LogP contribution is -2.28. The fourth-order valence-corrected chi connectivity index (χ4v) is 3.08. The van der Waals surface area contributed by atoms with Crippen LogP contribution in [0.3, 0.4) is 0 Å². The molecule has 4 nitrogen and oxygen atoms in total. The quantitative estimate of drug-likeness (QED) is 0.932. The van der Waals surface area contributed by atoms with Crippen molar-refractivity contribution in [3.05, 3.63) is 47.3 Å². The Labute approximate surface area is 125 Å². The summed E-state index contributed by atoms with van der Waals surface area (Å²) in [4.78, 5) is 2.40. The summed E-state index contributed by atoms with van der Waals surface area (Å²) < 4.78 is 5.50. The summed E-state index contributed by atoms with van der Waals surface area (Å²) in [5.41, 5.74) is 1.90. The molecule has 4 heteroatoms. The van der Waals surface area contributed by atoms with Gasteiger partial charge in [0.1, 0.15) is 5.75 Å². The third kappa shape index (κ3) is 3.27. The number of hydrogen-bond donors (Lipinski definition) is 1. The topological polar surface area (TPSA) is 49.5 Å². The summed E-state index contributed by atoms with van der Waals surface area (Å²) in [6, 6.07) is 9.87. The molecule has 0 bridgehead atoms. The number of hydrogen-bond acceptors (Lipinski definition) is 4. The molecule has 2 aromatic rings. The van der Waals surface area contributed by atoms with Crippen LogP contribution in [0.4, 0.5) is 0 Å². The Bertz CT molecular complexity index is 594. The molecule has 1 aliphatic rings. The number of likely N-dealkylation sites (tertiary alicyclic amines) is 1. The van der Waals surface area contributed by atoms with Crippen LogP contribution in [0.2, 0.25) is 0 Å². The van der Waals surface area contributed by atoms with Gasteiger partial charge >= 0.3 is 0 Å². The van der Waals surface area contributed by atoms with E-state index in [0.717, 1.165) is 36.5 Å². The van der Waals surface area contributed by atoms with Crippen LogP contribution in [0.15, 0.2) is 34.9 Å². The molecule has 0 unspecified atom stereocenters. The lowest BCUT2D eigenvalue weighted by molar-refractivity contribution is 0.158. The molecule has 1 atom stereocenters. The molecule has 0 saturated carbocycles. The predicted molar refractivity (Wildman–Crippen MR) is 81.0 cm³/mol. The van der Waals surface area contributed by atoms with Gasteiger partial charge < -0.3 is 9.63 Å². The molecule has 1 saturated heterocycles. The van der Waals surface area contributed by atoms with Gasteiger partial charge in [-0.15, -0.1) is 0 Å². The van der Waals surface area contributed by atoms with Gasteiger partial charge in [0, 0.05) is 18.2 Å². The molecule has 0 aliphatic carbocycles. The van der Waals surface area contributed by atoms with Crippen molar-refractivity contribution in [3.8, 4) is 5.75 Å². The summed E-state index contributed by atoms with van der Waals surface area (Å²) in [7, 11) is 0. The highest BCUT2D eigenvalue weighted by Crippen LogP contribution is 2.32. The first-order valence-electron chi connectivity index (χ1n) is 7.68. The minimum atomic E-state index is 0.258. The number of aromatic nitrogens is 1. The molecule has 2 heterocycles. The number of para-hydroxylation sites is 1. The fraction of sp³-hybridized carbons (Fsp3) is 0.471. The minimum Gasteiger partial charge on any atom is -0.508 e. The number of phenolic OH excluding ortho intramolecular Hbond substituents is 1. The highest BCUT2D eigenvalue weighted by atomic mass is 16.5. The highest BCUT2D eigenvalue weighted by Gasteiger charge is 2.26. The zero-order valence-corrected chi connectivity index (χ0v) is 12.5. The fourth-order valence-electron chi connectivity index (χ4n) is 3.08. The number of benzene rings is 1. The van der Waals surface area contributed by atoms with E-state index in [-0.39, 0.29) is 6.04 Å². The van der Waals surface area contributed by atoms with Crippen LogP contribution < -0.4 is 0 Å². The normalized spacial score (nSPS) is 20.3. The van der Waals surface area contributed by atoms with Crippen LogP contribution in [-0.4, -0.2) is 21.7 Å². The van der Waals surface area contributed by atoms with Crippen molar-refractivity contribution in [2.24, 2.45) is 0 Å². The molecule has 1 aromatic carbocycles. The van der Waals surface area contributed by atoms with E-state index in [1.807, 2.05) is 31.2 Å². The Morgan fingerprint density at radius 1 is 1.29 bits per heavy atom. The average molecular weight is 286 g/mol. The molecule has 3 rings (SSSR count). The van der Waals surface area contributed by atoms with E-state index in [0.29, 0.717) is 5.75 Å². The maximum atomic E-state index is 10.0.